The fourth-order valence-corrected chi connectivity index (χ4v) is 3.30. The molecule has 0 saturated heterocycles. The monoisotopic (exact) mass is 296 g/mol. The van der Waals surface area contributed by atoms with Crippen LogP contribution in [0.15, 0.2) is 18.9 Å². The number of imidazole rings is 1. The van der Waals surface area contributed by atoms with Crippen LogP contribution >= 0.6 is 0 Å². The van der Waals surface area contributed by atoms with Crippen molar-refractivity contribution in [3.05, 3.63) is 30.4 Å². The highest BCUT2D eigenvalue weighted by Gasteiger charge is 2.26. The molecule has 0 aliphatic carbocycles. The van der Waals surface area contributed by atoms with E-state index in [-0.39, 0.29) is 5.75 Å². The third-order valence-corrected chi connectivity index (χ3v) is 5.19. The summed E-state index contributed by atoms with van der Waals surface area (Å²) in [5.41, 5.74) is 0.862. The summed E-state index contributed by atoms with van der Waals surface area (Å²) in [7, 11) is -3.15. The zero-order valence-electron chi connectivity index (χ0n) is 11.2. The summed E-state index contributed by atoms with van der Waals surface area (Å²) in [5, 5.41) is 4.04. The quantitative estimate of drug-likeness (QED) is 0.772. The number of aromatic nitrogens is 5. The second-order valence-corrected chi connectivity index (χ2v) is 6.93. The van der Waals surface area contributed by atoms with Crippen molar-refractivity contribution in [2.24, 2.45) is 0 Å². The Kier molecular flexibility index (Phi) is 3.30. The van der Waals surface area contributed by atoms with Gasteiger partial charge in [-0.1, -0.05) is 0 Å². The van der Waals surface area contributed by atoms with Crippen molar-refractivity contribution >= 4 is 10.0 Å². The lowest BCUT2D eigenvalue weighted by atomic mass is 10.4. The minimum atomic E-state index is -3.15. The Hall–Kier alpha value is -1.74. The van der Waals surface area contributed by atoms with E-state index in [9.17, 15) is 8.42 Å². The molecule has 0 saturated carbocycles. The van der Waals surface area contributed by atoms with Crippen LogP contribution in [0, 0.1) is 0 Å². The fourth-order valence-electron chi connectivity index (χ4n) is 2.27. The summed E-state index contributed by atoms with van der Waals surface area (Å²) < 4.78 is 29.0. The second-order valence-electron chi connectivity index (χ2n) is 4.67. The largest absolute Gasteiger partial charge is 0.332 e. The van der Waals surface area contributed by atoms with Crippen LogP contribution in [0.2, 0.25) is 0 Å². The maximum atomic E-state index is 11.9. The van der Waals surface area contributed by atoms with Crippen molar-refractivity contribution < 1.29 is 8.42 Å². The van der Waals surface area contributed by atoms with Crippen LogP contribution in [0.1, 0.15) is 18.4 Å². The Morgan fingerprint density at radius 2 is 2.20 bits per heavy atom. The maximum absolute atomic E-state index is 11.9. The highest BCUT2D eigenvalue weighted by atomic mass is 32.2. The number of hydrogen-bond donors (Lipinski definition) is 0. The number of rotatable bonds is 4. The average molecular weight is 296 g/mol. The first-order valence-corrected chi connectivity index (χ1v) is 8.04. The molecule has 0 radical (unpaired) electrons. The van der Waals surface area contributed by atoms with E-state index in [4.69, 9.17) is 0 Å². The summed E-state index contributed by atoms with van der Waals surface area (Å²) in [6.07, 6.45) is 5.06. The van der Waals surface area contributed by atoms with E-state index >= 15 is 0 Å². The smallest absolute Gasteiger partial charge is 0.214 e. The molecule has 20 heavy (non-hydrogen) atoms. The van der Waals surface area contributed by atoms with Crippen LogP contribution in [-0.4, -0.2) is 49.3 Å². The maximum Gasteiger partial charge on any atom is 0.214 e. The minimum Gasteiger partial charge on any atom is -0.332 e. The fraction of sp³-hybridized carbons (Fsp3) is 0.545. The van der Waals surface area contributed by atoms with Gasteiger partial charge in [0.05, 0.1) is 24.5 Å². The Balaban J connectivity index is 1.79. The van der Waals surface area contributed by atoms with E-state index in [1.54, 1.807) is 17.9 Å². The lowest BCUT2D eigenvalue weighted by Crippen LogP contribution is -2.39. The highest BCUT2D eigenvalue weighted by molar-refractivity contribution is 7.89. The van der Waals surface area contributed by atoms with Gasteiger partial charge in [-0.05, 0) is 6.92 Å². The summed E-state index contributed by atoms with van der Waals surface area (Å²) >= 11 is 0. The van der Waals surface area contributed by atoms with Crippen LogP contribution in [0.5, 0.6) is 0 Å². The van der Waals surface area contributed by atoms with E-state index in [0.29, 0.717) is 26.2 Å². The normalized spacial score (nSPS) is 16.2. The van der Waals surface area contributed by atoms with E-state index in [1.165, 1.54) is 10.6 Å². The molecule has 0 bridgehead atoms. The van der Waals surface area contributed by atoms with Crippen molar-refractivity contribution in [2.75, 3.05) is 12.3 Å². The van der Waals surface area contributed by atoms with Gasteiger partial charge in [0.25, 0.3) is 0 Å². The lowest BCUT2D eigenvalue weighted by molar-refractivity contribution is 0.336. The molecule has 2 aromatic heterocycles. The molecule has 0 spiro atoms. The molecule has 0 fully saturated rings. The summed E-state index contributed by atoms with van der Waals surface area (Å²) in [6, 6.07) is 0. The molecule has 0 N–H and O–H groups in total. The van der Waals surface area contributed by atoms with Gasteiger partial charge in [0.2, 0.25) is 10.0 Å². The SMILES string of the molecule is CCS(=O)(=O)N1CCn2cc(Cn3cncn3)nc2C1. The average Bonchev–Trinajstić information content (AvgIpc) is 3.06. The number of fused-ring (bicyclic) bond motifs is 1. The van der Waals surface area contributed by atoms with Gasteiger partial charge in [0.1, 0.15) is 18.5 Å². The number of sulfonamides is 1. The first kappa shape index (κ1) is 13.3. The minimum absolute atomic E-state index is 0.125. The molecule has 1 aliphatic heterocycles. The van der Waals surface area contributed by atoms with E-state index in [1.807, 2.05) is 10.8 Å². The standard InChI is InChI=1S/C11H16N6O2S/c1-2-20(18,19)17-4-3-15-5-10(14-11(15)7-17)6-16-9-12-8-13-16/h5,8-9H,2-4,6-7H2,1H3. The first-order valence-electron chi connectivity index (χ1n) is 6.43. The zero-order chi connectivity index (χ0) is 14.2. The van der Waals surface area contributed by atoms with Crippen LogP contribution in [0.3, 0.4) is 0 Å². The van der Waals surface area contributed by atoms with Gasteiger partial charge >= 0.3 is 0 Å². The predicted molar refractivity (Wildman–Crippen MR) is 71.2 cm³/mol. The van der Waals surface area contributed by atoms with Crippen molar-refractivity contribution in [1.82, 2.24) is 28.6 Å². The number of nitrogens with zero attached hydrogens (tertiary/aromatic N) is 6. The van der Waals surface area contributed by atoms with Gasteiger partial charge in [-0.2, -0.15) is 9.40 Å². The van der Waals surface area contributed by atoms with Crippen molar-refractivity contribution in [1.29, 1.82) is 0 Å². The van der Waals surface area contributed by atoms with Crippen LogP contribution < -0.4 is 0 Å². The molecule has 2 aromatic rings. The van der Waals surface area contributed by atoms with E-state index in [2.05, 4.69) is 15.1 Å². The Morgan fingerprint density at radius 1 is 1.35 bits per heavy atom. The highest BCUT2D eigenvalue weighted by Crippen LogP contribution is 2.16. The molecule has 8 nitrogen and oxygen atoms in total. The van der Waals surface area contributed by atoms with Gasteiger partial charge in [-0.25, -0.2) is 23.1 Å². The van der Waals surface area contributed by atoms with Gasteiger partial charge < -0.3 is 4.57 Å². The molecule has 3 heterocycles. The molecular formula is C11H16N6O2S. The predicted octanol–water partition coefficient (Wildman–Crippen LogP) is -0.312. The third-order valence-electron chi connectivity index (χ3n) is 3.37. The van der Waals surface area contributed by atoms with E-state index in [0.717, 1.165) is 11.5 Å². The molecule has 0 amide bonds. The van der Waals surface area contributed by atoms with Crippen LogP contribution in [0.4, 0.5) is 0 Å². The summed E-state index contributed by atoms with van der Waals surface area (Å²) in [5.74, 6) is 0.905. The van der Waals surface area contributed by atoms with E-state index < -0.39 is 10.0 Å². The van der Waals surface area contributed by atoms with Crippen molar-refractivity contribution in [2.45, 2.75) is 26.6 Å². The Morgan fingerprint density at radius 3 is 2.90 bits per heavy atom. The van der Waals surface area contributed by atoms with Crippen LogP contribution in [0.25, 0.3) is 0 Å². The van der Waals surface area contributed by atoms with Gasteiger partial charge in [0, 0.05) is 19.3 Å². The molecule has 0 atom stereocenters. The van der Waals surface area contributed by atoms with Crippen LogP contribution in [-0.2, 0) is 29.7 Å². The topological polar surface area (TPSA) is 85.9 Å². The third kappa shape index (κ3) is 2.46. The second kappa shape index (κ2) is 4.98. The lowest BCUT2D eigenvalue weighted by Gasteiger charge is -2.26. The van der Waals surface area contributed by atoms with Crippen molar-refractivity contribution in [3.8, 4) is 0 Å². The van der Waals surface area contributed by atoms with Crippen molar-refractivity contribution in [3.63, 3.8) is 0 Å². The molecule has 1 aliphatic rings. The molecule has 9 heteroatoms. The molecule has 0 unspecified atom stereocenters. The molecular weight excluding hydrogens is 280 g/mol. The summed E-state index contributed by atoms with van der Waals surface area (Å²) in [4.78, 5) is 8.38. The first-order chi connectivity index (χ1) is 9.58. The molecule has 108 valence electrons. The summed E-state index contributed by atoms with van der Waals surface area (Å²) in [6.45, 7) is 3.68. The Bertz CT molecular complexity index is 691. The molecule has 0 aromatic carbocycles. The Labute approximate surface area is 117 Å². The zero-order valence-corrected chi connectivity index (χ0v) is 12.0. The molecule has 3 rings (SSSR count). The van der Waals surface area contributed by atoms with Gasteiger partial charge in [0.15, 0.2) is 0 Å². The van der Waals surface area contributed by atoms with Gasteiger partial charge in [-0.3, -0.25) is 0 Å². The number of hydrogen-bond acceptors (Lipinski definition) is 5. The van der Waals surface area contributed by atoms with Gasteiger partial charge in [-0.15, -0.1) is 0 Å².